The fourth-order valence-corrected chi connectivity index (χ4v) is 3.41. The van der Waals surface area contributed by atoms with Crippen molar-refractivity contribution >= 4 is 23.2 Å². The summed E-state index contributed by atoms with van der Waals surface area (Å²) in [5, 5.41) is 2.86. The van der Waals surface area contributed by atoms with E-state index >= 15 is 0 Å². The van der Waals surface area contributed by atoms with E-state index in [1.807, 2.05) is 12.1 Å². The highest BCUT2D eigenvalue weighted by molar-refractivity contribution is 6.05. The normalized spacial score (nSPS) is 15.6. The van der Waals surface area contributed by atoms with Crippen molar-refractivity contribution in [1.29, 1.82) is 0 Å². The summed E-state index contributed by atoms with van der Waals surface area (Å²) in [6.45, 7) is 0.0971. The van der Waals surface area contributed by atoms with Gasteiger partial charge in [-0.1, -0.05) is 6.07 Å². The molecule has 2 amide bonds. The van der Waals surface area contributed by atoms with Gasteiger partial charge in [-0.05, 0) is 48.5 Å². The van der Waals surface area contributed by atoms with E-state index in [-0.39, 0.29) is 18.4 Å². The van der Waals surface area contributed by atoms with E-state index in [1.54, 1.807) is 48.2 Å². The van der Waals surface area contributed by atoms with Crippen LogP contribution >= 0.6 is 0 Å². The number of nitrogens with zero attached hydrogens (tertiary/aromatic N) is 2. The highest BCUT2D eigenvalue weighted by Gasteiger charge is 2.43. The number of nitrogens with one attached hydrogen (secondary N) is 1. The summed E-state index contributed by atoms with van der Waals surface area (Å²) in [5.41, 5.74) is 1.71. The van der Waals surface area contributed by atoms with Crippen LogP contribution in [-0.2, 0) is 16.1 Å². The Labute approximate surface area is 167 Å². The van der Waals surface area contributed by atoms with E-state index in [2.05, 4.69) is 5.32 Å². The maximum Gasteiger partial charge on any atom is 0.294 e. The molecule has 0 fully saturated rings. The molecule has 7 heteroatoms. The fourth-order valence-electron chi connectivity index (χ4n) is 3.41. The van der Waals surface area contributed by atoms with E-state index < -0.39 is 11.9 Å². The van der Waals surface area contributed by atoms with Crippen molar-refractivity contribution in [3.8, 4) is 5.75 Å². The van der Waals surface area contributed by atoms with E-state index in [1.165, 1.54) is 29.2 Å². The quantitative estimate of drug-likeness (QED) is 0.695. The van der Waals surface area contributed by atoms with Crippen LogP contribution in [-0.4, -0.2) is 18.9 Å². The second-order valence-corrected chi connectivity index (χ2v) is 6.61. The average molecular weight is 392 g/mol. The van der Waals surface area contributed by atoms with Crippen LogP contribution in [0, 0.1) is 5.82 Å². The minimum absolute atomic E-state index is 0.0971. The predicted molar refractivity (Wildman–Crippen MR) is 105 cm³/mol. The lowest BCUT2D eigenvalue weighted by Gasteiger charge is -2.32. The first kappa shape index (κ1) is 18.6. The molecule has 6 nitrogen and oxygen atoms in total. The van der Waals surface area contributed by atoms with Gasteiger partial charge in [0.15, 0.2) is 6.20 Å². The van der Waals surface area contributed by atoms with E-state index in [9.17, 15) is 14.0 Å². The van der Waals surface area contributed by atoms with Gasteiger partial charge in [0, 0.05) is 23.5 Å². The first-order valence-corrected chi connectivity index (χ1v) is 9.08. The number of methoxy groups -OCH3 is 1. The molecule has 0 spiro atoms. The van der Waals surface area contributed by atoms with Gasteiger partial charge in [0.05, 0.1) is 7.11 Å². The summed E-state index contributed by atoms with van der Waals surface area (Å²) >= 11 is 0. The Kier molecular flexibility index (Phi) is 4.95. The van der Waals surface area contributed by atoms with Crippen LogP contribution in [0.4, 0.5) is 15.8 Å². The molecule has 0 aliphatic carbocycles. The number of carbonyl (C=O) groups excluding carboxylic acids is 2. The molecule has 1 aliphatic rings. The van der Waals surface area contributed by atoms with Crippen molar-refractivity contribution in [2.24, 2.45) is 0 Å². The molecule has 2 heterocycles. The van der Waals surface area contributed by atoms with Crippen LogP contribution in [0.25, 0.3) is 0 Å². The van der Waals surface area contributed by atoms with Crippen molar-refractivity contribution < 1.29 is 23.3 Å². The largest absolute Gasteiger partial charge is 0.497 e. The Balaban J connectivity index is 1.73. The van der Waals surface area contributed by atoms with Crippen LogP contribution < -0.4 is 19.5 Å². The number of hydrogen-bond acceptors (Lipinski definition) is 3. The minimum Gasteiger partial charge on any atom is -0.497 e. The molecule has 1 aromatic heterocycles. The molecule has 3 aromatic rings. The summed E-state index contributed by atoms with van der Waals surface area (Å²) in [6, 6.07) is 17.0. The van der Waals surface area contributed by atoms with Gasteiger partial charge in [-0.3, -0.25) is 14.5 Å². The highest BCUT2D eigenvalue weighted by Crippen LogP contribution is 2.30. The van der Waals surface area contributed by atoms with E-state index in [0.29, 0.717) is 22.8 Å². The number of anilines is 2. The molecular weight excluding hydrogens is 373 g/mol. The molecule has 4 rings (SSSR count). The number of fused-ring (bicyclic) bond motifs is 1. The lowest BCUT2D eigenvalue weighted by Crippen LogP contribution is -2.58. The summed E-state index contributed by atoms with van der Waals surface area (Å²) < 4.78 is 20.3. The smallest absolute Gasteiger partial charge is 0.294 e. The van der Waals surface area contributed by atoms with Crippen LogP contribution in [0.1, 0.15) is 11.7 Å². The zero-order chi connectivity index (χ0) is 20.4. The Bertz CT molecular complexity index is 1050. The highest BCUT2D eigenvalue weighted by atomic mass is 19.1. The van der Waals surface area contributed by atoms with Gasteiger partial charge in [-0.25, -0.2) is 4.39 Å². The second-order valence-electron chi connectivity index (χ2n) is 6.61. The molecule has 29 heavy (non-hydrogen) atoms. The third-order valence-corrected chi connectivity index (χ3v) is 4.80. The SMILES string of the molecule is COc1ccc(NC(=O)[C@@H]2c3cccc[n+]3CC(=O)N2c2ccc(F)cc2)cc1. The number of rotatable bonds is 4. The van der Waals surface area contributed by atoms with Gasteiger partial charge >= 0.3 is 0 Å². The number of halogens is 1. The van der Waals surface area contributed by atoms with Crippen molar-refractivity contribution in [1.82, 2.24) is 0 Å². The van der Waals surface area contributed by atoms with Crippen LogP contribution in [0.2, 0.25) is 0 Å². The number of ether oxygens (including phenoxy) is 1. The fraction of sp³-hybridized carbons (Fsp3) is 0.136. The Morgan fingerprint density at radius 2 is 1.83 bits per heavy atom. The minimum atomic E-state index is -0.898. The topological polar surface area (TPSA) is 62.5 Å². The third kappa shape index (κ3) is 3.67. The van der Waals surface area contributed by atoms with Gasteiger partial charge < -0.3 is 10.1 Å². The molecule has 0 radical (unpaired) electrons. The lowest BCUT2D eigenvalue weighted by molar-refractivity contribution is -0.695. The summed E-state index contributed by atoms with van der Waals surface area (Å²) in [6.07, 6.45) is 1.77. The third-order valence-electron chi connectivity index (χ3n) is 4.80. The second kappa shape index (κ2) is 7.71. The average Bonchev–Trinajstić information content (AvgIpc) is 2.74. The van der Waals surface area contributed by atoms with Crippen molar-refractivity contribution in [3.63, 3.8) is 0 Å². The standard InChI is InChI=1S/C22H18FN3O3/c1-29-18-11-7-16(8-12-18)24-22(28)21-19-4-2-3-13-25(19)14-20(27)26(21)17-9-5-15(23)6-10-17/h2-13,21H,14H2,1H3/p+1/t21-/m0/s1. The van der Waals surface area contributed by atoms with Crippen molar-refractivity contribution in [2.75, 3.05) is 17.3 Å². The Morgan fingerprint density at radius 1 is 1.10 bits per heavy atom. The monoisotopic (exact) mass is 392 g/mol. The van der Waals surface area contributed by atoms with E-state index in [0.717, 1.165) is 0 Å². The number of aromatic nitrogens is 1. The number of amides is 2. The molecule has 1 N–H and O–H groups in total. The number of carbonyl (C=O) groups is 2. The molecular formula is C22H19FN3O3+. The van der Waals surface area contributed by atoms with Gasteiger partial charge in [-0.15, -0.1) is 0 Å². The molecule has 0 unspecified atom stereocenters. The van der Waals surface area contributed by atoms with Gasteiger partial charge in [-0.2, -0.15) is 4.57 Å². The zero-order valence-electron chi connectivity index (χ0n) is 15.7. The molecule has 1 aliphatic heterocycles. The maximum atomic E-state index is 13.4. The van der Waals surface area contributed by atoms with Crippen molar-refractivity contribution in [2.45, 2.75) is 12.6 Å². The molecule has 2 aromatic carbocycles. The zero-order valence-corrected chi connectivity index (χ0v) is 15.7. The van der Waals surface area contributed by atoms with Crippen molar-refractivity contribution in [3.05, 3.63) is 84.4 Å². The van der Waals surface area contributed by atoms with Crippen LogP contribution in [0.3, 0.4) is 0 Å². The first-order chi connectivity index (χ1) is 14.1. The number of hydrogen-bond donors (Lipinski definition) is 1. The summed E-state index contributed by atoms with van der Waals surface area (Å²) in [5.74, 6) is -0.361. The Morgan fingerprint density at radius 3 is 2.52 bits per heavy atom. The van der Waals surface area contributed by atoms with Gasteiger partial charge in [0.25, 0.3) is 11.8 Å². The maximum absolute atomic E-state index is 13.4. The van der Waals surface area contributed by atoms with Crippen LogP contribution in [0.15, 0.2) is 72.9 Å². The van der Waals surface area contributed by atoms with Gasteiger partial charge in [0.2, 0.25) is 18.3 Å². The summed E-state index contributed by atoms with van der Waals surface area (Å²) in [4.78, 5) is 27.6. The van der Waals surface area contributed by atoms with E-state index in [4.69, 9.17) is 4.74 Å². The molecule has 146 valence electrons. The molecule has 0 saturated carbocycles. The lowest BCUT2D eigenvalue weighted by atomic mass is 10.0. The summed E-state index contributed by atoms with van der Waals surface area (Å²) in [7, 11) is 1.57. The molecule has 0 saturated heterocycles. The number of benzene rings is 2. The van der Waals surface area contributed by atoms with Gasteiger partial charge in [0.1, 0.15) is 11.6 Å². The molecule has 1 atom stereocenters. The number of pyridine rings is 1. The first-order valence-electron chi connectivity index (χ1n) is 9.08. The van der Waals surface area contributed by atoms with Crippen LogP contribution in [0.5, 0.6) is 5.75 Å². The predicted octanol–water partition coefficient (Wildman–Crippen LogP) is 2.85. The Hall–Kier alpha value is -3.74. The molecule has 0 bridgehead atoms.